The molecule has 0 bridgehead atoms. The maximum atomic E-state index is 5.88. The number of nitrogens with zero attached hydrogens (tertiary/aromatic N) is 1. The van der Waals surface area contributed by atoms with Gasteiger partial charge in [0.2, 0.25) is 11.2 Å². The van der Waals surface area contributed by atoms with E-state index in [0.717, 1.165) is 0 Å². The van der Waals surface area contributed by atoms with Crippen LogP contribution in [0.25, 0.3) is 32.2 Å². The summed E-state index contributed by atoms with van der Waals surface area (Å²) in [5.41, 5.74) is 6.86. The molecular formula is C22H18NOS+. The fourth-order valence-electron chi connectivity index (χ4n) is 4.80. The van der Waals surface area contributed by atoms with Crippen LogP contribution in [0.2, 0.25) is 0 Å². The van der Waals surface area contributed by atoms with Gasteiger partial charge in [0, 0.05) is 18.6 Å². The molecule has 3 atom stereocenters. The van der Waals surface area contributed by atoms with Crippen molar-refractivity contribution in [2.24, 2.45) is 0 Å². The summed E-state index contributed by atoms with van der Waals surface area (Å²) in [6, 6.07) is 18.4. The van der Waals surface area contributed by atoms with Crippen molar-refractivity contribution in [2.75, 3.05) is 7.11 Å². The lowest BCUT2D eigenvalue weighted by molar-refractivity contribution is -0.668. The van der Waals surface area contributed by atoms with Gasteiger partial charge in [-0.1, -0.05) is 29.8 Å². The van der Waals surface area contributed by atoms with Gasteiger partial charge in [-0.05, 0) is 36.1 Å². The molecule has 6 rings (SSSR count). The van der Waals surface area contributed by atoms with Crippen molar-refractivity contribution in [2.45, 2.75) is 25.0 Å². The van der Waals surface area contributed by atoms with Gasteiger partial charge >= 0.3 is 0 Å². The quantitative estimate of drug-likeness (QED) is 0.444. The van der Waals surface area contributed by atoms with E-state index in [9.17, 15) is 0 Å². The SMILES string of the molecule is COC1C2c3ccc(C)cc3-c3c4sccc4c4ccccc4[n+]3C12. The van der Waals surface area contributed by atoms with E-state index in [1.165, 1.54) is 43.4 Å². The van der Waals surface area contributed by atoms with Crippen molar-refractivity contribution in [1.82, 2.24) is 0 Å². The van der Waals surface area contributed by atoms with Crippen LogP contribution in [0, 0.1) is 6.92 Å². The van der Waals surface area contributed by atoms with Crippen LogP contribution in [0.3, 0.4) is 0 Å². The van der Waals surface area contributed by atoms with Gasteiger partial charge in [0.1, 0.15) is 10.8 Å². The topological polar surface area (TPSA) is 13.1 Å². The number of methoxy groups -OCH3 is 1. The van der Waals surface area contributed by atoms with Crippen molar-refractivity contribution in [3.05, 3.63) is 65.0 Å². The van der Waals surface area contributed by atoms with Gasteiger partial charge in [-0.3, -0.25) is 0 Å². The van der Waals surface area contributed by atoms with E-state index in [-0.39, 0.29) is 6.10 Å². The Labute approximate surface area is 150 Å². The van der Waals surface area contributed by atoms with Crippen molar-refractivity contribution >= 4 is 32.3 Å². The molecule has 1 saturated carbocycles. The number of benzene rings is 2. The van der Waals surface area contributed by atoms with Crippen molar-refractivity contribution in [1.29, 1.82) is 0 Å². The third-order valence-corrected chi connectivity index (χ3v) is 6.81. The molecule has 25 heavy (non-hydrogen) atoms. The molecule has 4 aromatic rings. The second kappa shape index (κ2) is 4.69. The van der Waals surface area contributed by atoms with Crippen LogP contribution in [0.1, 0.15) is 23.1 Å². The molecule has 3 unspecified atom stereocenters. The smallest absolute Gasteiger partial charge is 0.231 e. The Balaban J connectivity index is 1.85. The Kier molecular flexibility index (Phi) is 2.62. The number of para-hydroxylation sites is 1. The van der Waals surface area contributed by atoms with Crippen LogP contribution in [0.5, 0.6) is 0 Å². The number of hydrogen-bond donors (Lipinski definition) is 0. The largest absolute Gasteiger partial charge is 0.374 e. The van der Waals surface area contributed by atoms with E-state index >= 15 is 0 Å². The predicted molar refractivity (Wildman–Crippen MR) is 102 cm³/mol. The van der Waals surface area contributed by atoms with Crippen molar-refractivity contribution in [3.8, 4) is 11.3 Å². The monoisotopic (exact) mass is 344 g/mol. The molecule has 1 aliphatic heterocycles. The number of aryl methyl sites for hydroxylation is 1. The molecule has 3 heterocycles. The van der Waals surface area contributed by atoms with E-state index in [1.807, 2.05) is 18.4 Å². The van der Waals surface area contributed by atoms with E-state index in [4.69, 9.17) is 4.74 Å². The molecule has 122 valence electrons. The number of hydrogen-bond acceptors (Lipinski definition) is 2. The van der Waals surface area contributed by atoms with E-state index in [0.29, 0.717) is 12.0 Å². The Morgan fingerprint density at radius 1 is 1.04 bits per heavy atom. The first-order valence-corrected chi connectivity index (χ1v) is 9.64. The predicted octanol–water partition coefficient (Wildman–Crippen LogP) is 4.98. The van der Waals surface area contributed by atoms with Crippen LogP contribution < -0.4 is 4.57 Å². The summed E-state index contributed by atoms with van der Waals surface area (Å²) in [4.78, 5) is 0. The summed E-state index contributed by atoms with van der Waals surface area (Å²) < 4.78 is 9.84. The zero-order valence-electron chi connectivity index (χ0n) is 14.2. The van der Waals surface area contributed by atoms with Gasteiger partial charge in [0.15, 0.2) is 6.04 Å². The summed E-state index contributed by atoms with van der Waals surface area (Å²) in [6.07, 6.45) is 0.272. The molecule has 0 N–H and O–H groups in total. The lowest BCUT2D eigenvalue weighted by atomic mass is 9.93. The highest BCUT2D eigenvalue weighted by Gasteiger charge is 2.64. The van der Waals surface area contributed by atoms with Gasteiger partial charge in [0.05, 0.1) is 16.9 Å². The van der Waals surface area contributed by atoms with Gasteiger partial charge in [-0.25, -0.2) is 0 Å². The zero-order chi connectivity index (χ0) is 16.7. The summed E-state index contributed by atoms with van der Waals surface area (Å²) in [6.45, 7) is 2.18. The zero-order valence-corrected chi connectivity index (χ0v) is 15.0. The van der Waals surface area contributed by atoms with Crippen LogP contribution >= 0.6 is 11.3 Å². The average molecular weight is 344 g/mol. The van der Waals surface area contributed by atoms with E-state index in [1.54, 1.807) is 0 Å². The standard InChI is InChI=1S/C22H18NOS/c1-12-7-8-14-16(11-12)19-22-15(9-10-25-22)13-5-3-4-6-17(13)23(19)20-18(14)21(20)24-2/h3-11,18,20-21H,1-2H3/q+1. The van der Waals surface area contributed by atoms with Crippen LogP contribution in [0.4, 0.5) is 0 Å². The first-order chi connectivity index (χ1) is 12.3. The number of ether oxygens (including phenoxy) is 1. The highest BCUT2D eigenvalue weighted by molar-refractivity contribution is 7.17. The molecule has 0 radical (unpaired) electrons. The lowest BCUT2D eigenvalue weighted by Crippen LogP contribution is -2.40. The maximum absolute atomic E-state index is 5.88. The summed E-state index contributed by atoms with van der Waals surface area (Å²) in [5.74, 6) is 0.471. The number of fused-ring (bicyclic) bond motifs is 11. The van der Waals surface area contributed by atoms with Gasteiger partial charge in [-0.15, -0.1) is 11.3 Å². The number of pyridine rings is 1. The van der Waals surface area contributed by atoms with Crippen LogP contribution in [0.15, 0.2) is 53.9 Å². The summed E-state index contributed by atoms with van der Waals surface area (Å²) >= 11 is 1.85. The normalized spacial score (nSPS) is 23.4. The first kappa shape index (κ1) is 14.0. The lowest BCUT2D eigenvalue weighted by Gasteiger charge is -2.16. The number of aromatic nitrogens is 1. The minimum atomic E-state index is 0.272. The molecule has 1 aliphatic carbocycles. The van der Waals surface area contributed by atoms with E-state index in [2.05, 4.69) is 65.4 Å². The highest BCUT2D eigenvalue weighted by Crippen LogP contribution is 2.57. The van der Waals surface area contributed by atoms with Gasteiger partial charge in [-0.2, -0.15) is 4.57 Å². The Morgan fingerprint density at radius 2 is 1.92 bits per heavy atom. The first-order valence-electron chi connectivity index (χ1n) is 8.77. The van der Waals surface area contributed by atoms with Gasteiger partial charge < -0.3 is 4.74 Å². The maximum Gasteiger partial charge on any atom is 0.231 e. The Bertz CT molecular complexity index is 1180. The Morgan fingerprint density at radius 3 is 2.80 bits per heavy atom. The molecular weight excluding hydrogens is 326 g/mol. The molecule has 3 heteroatoms. The molecule has 2 aromatic heterocycles. The number of rotatable bonds is 1. The molecule has 2 nitrogen and oxygen atoms in total. The van der Waals surface area contributed by atoms with Crippen LogP contribution in [-0.4, -0.2) is 13.2 Å². The number of thiophene rings is 1. The summed E-state index contributed by atoms with van der Waals surface area (Å²) in [5, 5.41) is 4.94. The second-order valence-electron chi connectivity index (χ2n) is 7.21. The van der Waals surface area contributed by atoms with Gasteiger partial charge in [0.25, 0.3) is 0 Å². The molecule has 2 aromatic carbocycles. The fraction of sp³-hybridized carbons (Fsp3) is 0.227. The highest BCUT2D eigenvalue weighted by atomic mass is 32.1. The third kappa shape index (κ3) is 1.65. The van der Waals surface area contributed by atoms with Crippen molar-refractivity contribution < 1.29 is 9.30 Å². The minimum Gasteiger partial charge on any atom is -0.374 e. The Hall–Kier alpha value is -2.23. The minimum absolute atomic E-state index is 0.272. The fourth-order valence-corrected chi connectivity index (χ4v) is 5.76. The molecule has 0 spiro atoms. The third-order valence-electron chi connectivity index (χ3n) is 5.89. The van der Waals surface area contributed by atoms with Crippen LogP contribution in [-0.2, 0) is 4.74 Å². The molecule has 2 aliphatic rings. The molecule has 0 amide bonds. The molecule has 1 fully saturated rings. The molecule has 0 saturated heterocycles. The van der Waals surface area contributed by atoms with E-state index < -0.39 is 0 Å². The summed E-state index contributed by atoms with van der Waals surface area (Å²) in [7, 11) is 1.85. The van der Waals surface area contributed by atoms with Crippen molar-refractivity contribution in [3.63, 3.8) is 0 Å². The second-order valence-corrected chi connectivity index (χ2v) is 8.12. The average Bonchev–Trinajstić information content (AvgIpc) is 3.16.